The first kappa shape index (κ1) is 60.6. The maximum absolute atomic E-state index is 13.1. The number of fused-ring (bicyclic) bond motifs is 2. The van der Waals surface area contributed by atoms with Crippen molar-refractivity contribution in [3.8, 4) is 16.8 Å². The van der Waals surface area contributed by atoms with Crippen LogP contribution < -0.4 is 35.2 Å². The van der Waals surface area contributed by atoms with Gasteiger partial charge in [0.25, 0.3) is 11.8 Å². The van der Waals surface area contributed by atoms with Crippen LogP contribution in [0.15, 0.2) is 186 Å². The summed E-state index contributed by atoms with van der Waals surface area (Å²) in [7, 11) is 12.6. The minimum Gasteiger partial charge on any atom is -0.377 e. The number of aromatic nitrogens is 2. The summed E-state index contributed by atoms with van der Waals surface area (Å²) in [5.74, 6) is -0.138. The number of benzene rings is 7. The molecule has 1 aromatic heterocycles. The van der Waals surface area contributed by atoms with Crippen LogP contribution in [0.2, 0.25) is 0 Å². The minimum absolute atomic E-state index is 0.0673. The SMILES string of the molecule is C=C1C=C(N(C)CCCCCCNC(=O)c2ccc(-c3ccc(C(=O)NCCCCCCN(C)c4cc5c(cc4C)nc4ccc(N(C)C)c(C)c4[n+]5-c4ccccc4)cc3)cc2)C(C)=C/C1=N/c1ccc(N(C)C)c(C)c1Nc1ccccc1. The van der Waals surface area contributed by atoms with Gasteiger partial charge in [-0.2, -0.15) is 0 Å². The minimum atomic E-state index is -0.0705. The third-order valence-corrected chi connectivity index (χ3v) is 16.3. The highest BCUT2D eigenvalue weighted by Crippen LogP contribution is 2.38. The molecule has 8 aromatic rings. The van der Waals surface area contributed by atoms with Crippen molar-refractivity contribution in [2.75, 3.05) is 88.5 Å². The van der Waals surface area contributed by atoms with Crippen LogP contribution in [0, 0.1) is 20.8 Å². The highest BCUT2D eigenvalue weighted by Gasteiger charge is 2.25. The number of allylic oxidation sites excluding steroid dienone is 4. The highest BCUT2D eigenvalue weighted by molar-refractivity contribution is 6.13. The Balaban J connectivity index is 0.667. The third-order valence-electron chi connectivity index (χ3n) is 16.3. The Labute approximate surface area is 504 Å². The topological polar surface area (TPSA) is 112 Å². The summed E-state index contributed by atoms with van der Waals surface area (Å²) in [5.41, 5.74) is 22.5. The molecule has 1 heterocycles. The number of aryl methyl sites for hydroxylation is 2. The number of carbonyl (C=O) groups is 2. The van der Waals surface area contributed by atoms with Crippen LogP contribution in [0.5, 0.6) is 0 Å². The van der Waals surface area contributed by atoms with Gasteiger partial charge in [0.1, 0.15) is 11.0 Å². The molecule has 0 saturated heterocycles. The summed E-state index contributed by atoms with van der Waals surface area (Å²) in [6.07, 6.45) is 12.4. The number of unbranched alkanes of at least 4 members (excludes halogenated alkanes) is 6. The van der Waals surface area contributed by atoms with Crippen molar-refractivity contribution < 1.29 is 14.2 Å². The van der Waals surface area contributed by atoms with Crippen LogP contribution in [-0.4, -0.2) is 95.9 Å². The number of nitrogens with zero attached hydrogens (tertiary/aromatic N) is 7. The van der Waals surface area contributed by atoms with Crippen LogP contribution in [0.1, 0.15) is 95.7 Å². The zero-order chi connectivity index (χ0) is 60.1. The van der Waals surface area contributed by atoms with E-state index in [0.717, 1.165) is 154 Å². The van der Waals surface area contributed by atoms with Gasteiger partial charge in [0, 0.05) is 132 Å². The van der Waals surface area contributed by atoms with Gasteiger partial charge in [0.05, 0.1) is 17.1 Å². The van der Waals surface area contributed by atoms with Crippen molar-refractivity contribution in [1.82, 2.24) is 20.5 Å². The molecule has 9 rings (SSSR count). The molecule has 0 atom stereocenters. The Morgan fingerprint density at radius 1 is 0.553 bits per heavy atom. The standard InChI is InChI=1S/C73H84N10O2/c1-50-48-67(51(2)46-63(50)77-61-38-40-65(79(6)7)53(4)70(61)76-59-26-18-16-19-27-59)81(10)44-24-14-12-22-42-74-72(84)57-34-30-55(31-35-57)56-32-36-58(37-33-56)73(85)75-43-23-13-15-25-45-82(11)68-49-69-64(47-52(68)3)78-62-39-41-66(80(8)9)54(5)71(62)83(69)60-28-20-17-21-29-60/h16-21,26-41,46-49,76H,1,12-15,22-25,42-45H2,2-11H3,(H-,74,75,84,85)/p+1/b77-63-. The lowest BCUT2D eigenvalue weighted by Gasteiger charge is -2.27. The summed E-state index contributed by atoms with van der Waals surface area (Å²) in [6.45, 7) is 16.2. The molecule has 0 unspecified atom stereocenters. The summed E-state index contributed by atoms with van der Waals surface area (Å²) < 4.78 is 2.37. The molecule has 0 aliphatic heterocycles. The highest BCUT2D eigenvalue weighted by atomic mass is 16.2. The molecule has 0 spiro atoms. The van der Waals surface area contributed by atoms with E-state index in [4.69, 9.17) is 9.98 Å². The fourth-order valence-corrected chi connectivity index (χ4v) is 11.6. The monoisotopic (exact) mass is 1130 g/mol. The molecule has 3 N–H and O–H groups in total. The predicted molar refractivity (Wildman–Crippen MR) is 357 cm³/mol. The lowest BCUT2D eigenvalue weighted by Crippen LogP contribution is -2.34. The zero-order valence-corrected chi connectivity index (χ0v) is 51.7. The maximum Gasteiger partial charge on any atom is 0.251 e. The second-order valence-electron chi connectivity index (χ2n) is 23.1. The van der Waals surface area contributed by atoms with Crippen LogP contribution in [0.3, 0.4) is 0 Å². The van der Waals surface area contributed by atoms with Gasteiger partial charge in [-0.3, -0.25) is 9.59 Å². The van der Waals surface area contributed by atoms with Gasteiger partial charge < -0.3 is 35.6 Å². The van der Waals surface area contributed by atoms with E-state index in [0.29, 0.717) is 24.2 Å². The molecular weight excluding hydrogens is 1050 g/mol. The molecule has 0 saturated carbocycles. The maximum atomic E-state index is 13.1. The Morgan fingerprint density at radius 3 is 1.68 bits per heavy atom. The first-order chi connectivity index (χ1) is 41.1. The number of likely N-dealkylation sites (N-methyl/N-ethyl adjacent to an activating group) is 1. The molecule has 1 aliphatic rings. The number of hydrogen-bond donors (Lipinski definition) is 3. The average Bonchev–Trinajstić information content (AvgIpc) is 1.11. The number of carbonyl (C=O) groups excluding carboxylic acids is 2. The molecule has 438 valence electrons. The van der Waals surface area contributed by atoms with Crippen molar-refractivity contribution in [3.05, 3.63) is 209 Å². The molecule has 12 heteroatoms. The molecule has 85 heavy (non-hydrogen) atoms. The second kappa shape index (κ2) is 28.0. The summed E-state index contributed by atoms with van der Waals surface area (Å²) in [5, 5.41) is 9.85. The molecule has 0 radical (unpaired) electrons. The number of hydrogen-bond acceptors (Lipinski definition) is 9. The van der Waals surface area contributed by atoms with Gasteiger partial charge in [0.15, 0.2) is 0 Å². The largest absolute Gasteiger partial charge is 0.377 e. The third kappa shape index (κ3) is 14.7. The van der Waals surface area contributed by atoms with E-state index in [-0.39, 0.29) is 11.8 Å². The van der Waals surface area contributed by atoms with E-state index < -0.39 is 0 Å². The van der Waals surface area contributed by atoms with Crippen molar-refractivity contribution in [2.24, 2.45) is 4.99 Å². The quantitative estimate of drug-likeness (QED) is 0.0295. The van der Waals surface area contributed by atoms with Crippen molar-refractivity contribution in [3.63, 3.8) is 0 Å². The van der Waals surface area contributed by atoms with Gasteiger partial charge in [0.2, 0.25) is 16.7 Å². The van der Waals surface area contributed by atoms with E-state index in [1.165, 1.54) is 22.5 Å². The summed E-state index contributed by atoms with van der Waals surface area (Å²) in [6, 6.07) is 49.2. The fourth-order valence-electron chi connectivity index (χ4n) is 11.6. The van der Waals surface area contributed by atoms with Crippen LogP contribution >= 0.6 is 0 Å². The lowest BCUT2D eigenvalue weighted by molar-refractivity contribution is -0.538. The number of aliphatic imine (C=N–C) groups is 1. The normalized spacial score (nSPS) is 12.7. The molecule has 0 fully saturated rings. The van der Waals surface area contributed by atoms with Crippen molar-refractivity contribution >= 4 is 73.7 Å². The van der Waals surface area contributed by atoms with Crippen LogP contribution in [-0.2, 0) is 0 Å². The van der Waals surface area contributed by atoms with Gasteiger partial charge in [-0.05, 0) is 166 Å². The second-order valence-corrected chi connectivity index (χ2v) is 23.1. The van der Waals surface area contributed by atoms with E-state index in [2.05, 4.69) is 208 Å². The number of para-hydroxylation sites is 2. The van der Waals surface area contributed by atoms with Gasteiger partial charge >= 0.3 is 0 Å². The number of amides is 2. The molecule has 0 bridgehead atoms. The Morgan fingerprint density at radius 2 is 1.09 bits per heavy atom. The summed E-state index contributed by atoms with van der Waals surface area (Å²) >= 11 is 0. The van der Waals surface area contributed by atoms with Gasteiger partial charge in [-0.1, -0.05) is 92.9 Å². The van der Waals surface area contributed by atoms with E-state index in [9.17, 15) is 9.59 Å². The fraction of sp³-hybridized carbons (Fsp3) is 0.301. The van der Waals surface area contributed by atoms with Crippen LogP contribution in [0.25, 0.3) is 38.9 Å². The first-order valence-corrected chi connectivity index (χ1v) is 30.1. The first-order valence-electron chi connectivity index (χ1n) is 30.1. The van der Waals surface area contributed by atoms with E-state index >= 15 is 0 Å². The molecule has 1 aliphatic carbocycles. The smallest absolute Gasteiger partial charge is 0.251 e. The average molecular weight is 1130 g/mol. The van der Waals surface area contributed by atoms with Crippen LogP contribution in [0.4, 0.5) is 34.1 Å². The van der Waals surface area contributed by atoms with Crippen molar-refractivity contribution in [1.29, 1.82) is 0 Å². The predicted octanol–water partition coefficient (Wildman–Crippen LogP) is 15.0. The molecule has 12 nitrogen and oxygen atoms in total. The number of rotatable bonds is 25. The zero-order valence-electron chi connectivity index (χ0n) is 51.7. The van der Waals surface area contributed by atoms with E-state index in [1.807, 2.05) is 66.7 Å². The van der Waals surface area contributed by atoms with E-state index in [1.54, 1.807) is 0 Å². The molecule has 2 amide bonds. The Bertz CT molecular complexity index is 3770. The lowest BCUT2D eigenvalue weighted by atomic mass is 9.98. The van der Waals surface area contributed by atoms with Gasteiger partial charge in [-0.15, -0.1) is 4.57 Å². The number of nitrogens with one attached hydrogen (secondary N) is 3. The Hall–Kier alpha value is -9.03. The molecular formula is C73H85N10O2+. The summed E-state index contributed by atoms with van der Waals surface area (Å²) in [4.78, 5) is 45.5. The van der Waals surface area contributed by atoms with Gasteiger partial charge in [-0.25, -0.2) is 9.98 Å². The van der Waals surface area contributed by atoms with Crippen molar-refractivity contribution in [2.45, 2.75) is 79.1 Å². The number of anilines is 5. The Kier molecular flexibility index (Phi) is 20.0. The molecule has 7 aromatic carbocycles.